The SMILES string of the molecule is CC(C)(C)OC(=O)N1CCC(CN2CC3CN(c4ccc(C(=O)O)cc4)CC3C2)CC1. The van der Waals surface area contributed by atoms with Crippen molar-refractivity contribution in [1.82, 2.24) is 9.80 Å². The minimum atomic E-state index is -0.877. The fraction of sp³-hybridized carbons (Fsp3) is 0.667. The molecule has 31 heavy (non-hydrogen) atoms. The topological polar surface area (TPSA) is 73.3 Å². The predicted octanol–water partition coefficient (Wildman–Crippen LogP) is 3.40. The van der Waals surface area contributed by atoms with Crippen LogP contribution in [0.3, 0.4) is 0 Å². The molecule has 0 spiro atoms. The fourth-order valence-electron chi connectivity index (χ4n) is 5.25. The Hall–Kier alpha value is -2.28. The van der Waals surface area contributed by atoms with Crippen LogP contribution in [-0.4, -0.2) is 78.4 Å². The lowest BCUT2D eigenvalue weighted by Gasteiger charge is -2.35. The molecule has 0 aromatic heterocycles. The number of piperidine rings is 1. The fourth-order valence-corrected chi connectivity index (χ4v) is 5.25. The number of hydrogen-bond donors (Lipinski definition) is 1. The van der Waals surface area contributed by atoms with Gasteiger partial charge in [0.1, 0.15) is 5.60 Å². The Morgan fingerprint density at radius 2 is 1.58 bits per heavy atom. The van der Waals surface area contributed by atoms with Crippen molar-refractivity contribution >= 4 is 17.7 Å². The molecular weight excluding hydrogens is 394 g/mol. The van der Waals surface area contributed by atoms with Gasteiger partial charge in [0.25, 0.3) is 0 Å². The van der Waals surface area contributed by atoms with Crippen LogP contribution in [0.25, 0.3) is 0 Å². The number of carbonyl (C=O) groups is 2. The van der Waals surface area contributed by atoms with E-state index in [1.807, 2.05) is 37.8 Å². The van der Waals surface area contributed by atoms with Gasteiger partial charge in [-0.1, -0.05) is 0 Å². The van der Waals surface area contributed by atoms with Gasteiger partial charge in [0.2, 0.25) is 0 Å². The molecule has 0 aliphatic carbocycles. The number of benzene rings is 1. The number of likely N-dealkylation sites (tertiary alicyclic amines) is 2. The van der Waals surface area contributed by atoms with Gasteiger partial charge in [0.05, 0.1) is 5.56 Å². The molecule has 7 nitrogen and oxygen atoms in total. The minimum absolute atomic E-state index is 0.182. The molecule has 7 heteroatoms. The number of aromatic carboxylic acids is 1. The van der Waals surface area contributed by atoms with Crippen LogP contribution >= 0.6 is 0 Å². The molecule has 3 saturated heterocycles. The number of nitrogens with zero attached hydrogens (tertiary/aromatic N) is 3. The molecule has 3 heterocycles. The van der Waals surface area contributed by atoms with Gasteiger partial charge in [-0.2, -0.15) is 0 Å². The number of carbonyl (C=O) groups excluding carboxylic acids is 1. The van der Waals surface area contributed by atoms with Crippen molar-refractivity contribution in [2.75, 3.05) is 50.7 Å². The highest BCUT2D eigenvalue weighted by molar-refractivity contribution is 5.88. The first-order valence-electron chi connectivity index (χ1n) is 11.5. The Kier molecular flexibility index (Phi) is 6.15. The van der Waals surface area contributed by atoms with Crippen molar-refractivity contribution in [1.29, 1.82) is 0 Å². The Morgan fingerprint density at radius 3 is 2.10 bits per heavy atom. The summed E-state index contributed by atoms with van der Waals surface area (Å²) in [7, 11) is 0. The molecule has 3 aliphatic heterocycles. The number of ether oxygens (including phenoxy) is 1. The Morgan fingerprint density at radius 1 is 1.00 bits per heavy atom. The predicted molar refractivity (Wildman–Crippen MR) is 120 cm³/mol. The molecule has 1 amide bonds. The van der Waals surface area contributed by atoms with Crippen molar-refractivity contribution in [3.63, 3.8) is 0 Å². The molecule has 1 aromatic rings. The zero-order valence-corrected chi connectivity index (χ0v) is 18.9. The monoisotopic (exact) mass is 429 g/mol. The first-order chi connectivity index (χ1) is 14.7. The van der Waals surface area contributed by atoms with Crippen LogP contribution in [0, 0.1) is 17.8 Å². The zero-order valence-electron chi connectivity index (χ0n) is 18.9. The van der Waals surface area contributed by atoms with E-state index in [-0.39, 0.29) is 6.09 Å². The summed E-state index contributed by atoms with van der Waals surface area (Å²) in [6.45, 7) is 12.8. The number of carboxylic acid groups (broad SMARTS) is 1. The van der Waals surface area contributed by atoms with Gasteiger partial charge in [-0.15, -0.1) is 0 Å². The van der Waals surface area contributed by atoms with E-state index >= 15 is 0 Å². The lowest BCUT2D eigenvalue weighted by atomic mass is 9.96. The maximum absolute atomic E-state index is 12.3. The summed E-state index contributed by atoms with van der Waals surface area (Å²) in [6.07, 6.45) is 1.92. The van der Waals surface area contributed by atoms with Crippen molar-refractivity contribution in [2.45, 2.75) is 39.2 Å². The van der Waals surface area contributed by atoms with Crippen LogP contribution in [0.5, 0.6) is 0 Å². The number of anilines is 1. The zero-order chi connectivity index (χ0) is 22.2. The molecular formula is C24H35N3O4. The van der Waals surface area contributed by atoms with E-state index in [4.69, 9.17) is 9.84 Å². The first-order valence-corrected chi connectivity index (χ1v) is 11.5. The lowest BCUT2D eigenvalue weighted by Crippen LogP contribution is -2.43. The molecule has 3 aliphatic rings. The molecule has 2 unspecified atom stereocenters. The van der Waals surface area contributed by atoms with Gasteiger partial charge in [-0.25, -0.2) is 9.59 Å². The van der Waals surface area contributed by atoms with Crippen molar-refractivity contribution in [2.24, 2.45) is 17.8 Å². The summed E-state index contributed by atoms with van der Waals surface area (Å²) < 4.78 is 5.50. The second kappa shape index (κ2) is 8.69. The molecule has 170 valence electrons. The van der Waals surface area contributed by atoms with Gasteiger partial charge in [0, 0.05) is 51.5 Å². The second-order valence-electron chi connectivity index (χ2n) is 10.4. The quantitative estimate of drug-likeness (QED) is 0.791. The Bertz CT molecular complexity index is 782. The second-order valence-corrected chi connectivity index (χ2v) is 10.4. The molecule has 2 atom stereocenters. The molecule has 0 radical (unpaired) electrons. The number of amides is 1. The Labute approximate surface area is 184 Å². The third kappa shape index (κ3) is 5.32. The number of rotatable bonds is 4. The highest BCUT2D eigenvalue weighted by atomic mass is 16.6. The van der Waals surface area contributed by atoms with Gasteiger partial charge in [-0.3, -0.25) is 0 Å². The molecule has 3 fully saturated rings. The van der Waals surface area contributed by atoms with Crippen LogP contribution in [0.15, 0.2) is 24.3 Å². The summed E-state index contributed by atoms with van der Waals surface area (Å²) in [6, 6.07) is 7.25. The first kappa shape index (κ1) is 21.9. The van der Waals surface area contributed by atoms with Gasteiger partial charge < -0.3 is 24.5 Å². The van der Waals surface area contributed by atoms with Crippen molar-refractivity contribution in [3.05, 3.63) is 29.8 Å². The summed E-state index contributed by atoms with van der Waals surface area (Å²) in [5.41, 5.74) is 1.03. The number of hydrogen-bond acceptors (Lipinski definition) is 5. The number of carboxylic acids is 1. The van der Waals surface area contributed by atoms with Crippen LogP contribution in [0.2, 0.25) is 0 Å². The van der Waals surface area contributed by atoms with Crippen molar-refractivity contribution < 1.29 is 19.4 Å². The molecule has 1 N–H and O–H groups in total. The smallest absolute Gasteiger partial charge is 0.410 e. The van der Waals surface area contributed by atoms with E-state index in [2.05, 4.69) is 9.80 Å². The average Bonchev–Trinajstić information content (AvgIpc) is 3.26. The van der Waals surface area contributed by atoms with Crippen LogP contribution in [-0.2, 0) is 4.74 Å². The maximum Gasteiger partial charge on any atom is 0.410 e. The van der Waals surface area contributed by atoms with E-state index in [9.17, 15) is 9.59 Å². The third-order valence-corrected chi connectivity index (χ3v) is 6.82. The normalized spacial score (nSPS) is 25.0. The van der Waals surface area contributed by atoms with Gasteiger partial charge in [0.15, 0.2) is 0 Å². The lowest BCUT2D eigenvalue weighted by molar-refractivity contribution is 0.0172. The van der Waals surface area contributed by atoms with Crippen LogP contribution in [0.1, 0.15) is 44.0 Å². The summed E-state index contributed by atoms with van der Waals surface area (Å²) in [5, 5.41) is 9.08. The summed E-state index contributed by atoms with van der Waals surface area (Å²) in [4.78, 5) is 30.2. The molecule has 0 bridgehead atoms. The van der Waals surface area contributed by atoms with Crippen LogP contribution < -0.4 is 4.90 Å². The van der Waals surface area contributed by atoms with E-state index < -0.39 is 11.6 Å². The van der Waals surface area contributed by atoms with Crippen molar-refractivity contribution in [3.8, 4) is 0 Å². The highest BCUT2D eigenvalue weighted by Crippen LogP contribution is 2.35. The Balaban J connectivity index is 1.21. The van der Waals surface area contributed by atoms with E-state index in [1.54, 1.807) is 12.1 Å². The van der Waals surface area contributed by atoms with E-state index in [0.29, 0.717) is 23.3 Å². The van der Waals surface area contributed by atoms with Crippen LogP contribution in [0.4, 0.5) is 10.5 Å². The minimum Gasteiger partial charge on any atom is -0.478 e. The highest BCUT2D eigenvalue weighted by Gasteiger charge is 2.40. The van der Waals surface area contributed by atoms with E-state index in [0.717, 1.165) is 64.3 Å². The van der Waals surface area contributed by atoms with Gasteiger partial charge >= 0.3 is 12.1 Å². The summed E-state index contributed by atoms with van der Waals surface area (Å²) >= 11 is 0. The summed E-state index contributed by atoms with van der Waals surface area (Å²) in [5.74, 6) is 1.14. The average molecular weight is 430 g/mol. The third-order valence-electron chi connectivity index (χ3n) is 6.82. The molecule has 4 rings (SSSR count). The maximum atomic E-state index is 12.3. The molecule has 0 saturated carbocycles. The standard InChI is InChI=1S/C24H35N3O4/c1-24(2,3)31-23(30)26-10-8-17(9-11-26)12-25-13-19-15-27(16-20(19)14-25)21-6-4-18(5-7-21)22(28)29/h4-7,17,19-20H,8-16H2,1-3H3,(H,28,29). The molecule has 1 aromatic carbocycles. The van der Waals surface area contributed by atoms with E-state index in [1.165, 1.54) is 0 Å². The largest absolute Gasteiger partial charge is 0.478 e. The van der Waals surface area contributed by atoms with Gasteiger partial charge in [-0.05, 0) is 75.6 Å². The number of fused-ring (bicyclic) bond motifs is 1.